The van der Waals surface area contributed by atoms with Crippen molar-refractivity contribution in [3.8, 4) is 0 Å². The van der Waals surface area contributed by atoms with E-state index in [-0.39, 0.29) is 0 Å². The van der Waals surface area contributed by atoms with Gasteiger partial charge in [-0.1, -0.05) is 0 Å². The number of hydrogen-bond acceptors (Lipinski definition) is 2. The molecular weight excluding hydrogens is 146 g/mol. The quantitative estimate of drug-likeness (QED) is 0.498. The fourth-order valence-electron chi connectivity index (χ4n) is 1.69. The molecule has 1 aliphatic rings. The largest absolute Gasteiger partial charge is 0.477 e. The molecule has 0 aromatic heterocycles. The van der Waals surface area contributed by atoms with Crippen LogP contribution >= 0.6 is 0 Å². The van der Waals surface area contributed by atoms with E-state index in [9.17, 15) is 9.90 Å². The molecule has 0 aliphatic carbocycles. The van der Waals surface area contributed by atoms with Crippen LogP contribution in [0, 0.1) is 0 Å². The van der Waals surface area contributed by atoms with E-state index in [1.165, 1.54) is 0 Å². The molecule has 1 rings (SSSR count). The number of quaternary nitrogens is 1. The van der Waals surface area contributed by atoms with Crippen LogP contribution in [0.4, 0.5) is 0 Å². The van der Waals surface area contributed by atoms with Crippen molar-refractivity contribution in [3.63, 3.8) is 0 Å². The van der Waals surface area contributed by atoms with Gasteiger partial charge in [0.05, 0.1) is 20.6 Å². The molecule has 0 bridgehead atoms. The van der Waals surface area contributed by atoms with Gasteiger partial charge in [0.1, 0.15) is 6.10 Å². The van der Waals surface area contributed by atoms with Crippen LogP contribution in [0.1, 0.15) is 6.42 Å². The van der Waals surface area contributed by atoms with Gasteiger partial charge in [0.2, 0.25) is 6.04 Å². The SMILES string of the molecule is C[N+]1(C)CCC(O)[C@H]1C(=O)O. The van der Waals surface area contributed by atoms with Crippen molar-refractivity contribution in [1.82, 2.24) is 0 Å². The molecule has 4 nitrogen and oxygen atoms in total. The number of carboxylic acids is 1. The van der Waals surface area contributed by atoms with Crippen molar-refractivity contribution < 1.29 is 19.5 Å². The summed E-state index contributed by atoms with van der Waals surface area (Å²) in [5.74, 6) is -0.903. The molecule has 1 unspecified atom stereocenters. The first kappa shape index (κ1) is 8.49. The number of likely N-dealkylation sites (N-methyl/N-ethyl adjacent to an activating group) is 1. The van der Waals surface area contributed by atoms with Crippen LogP contribution < -0.4 is 0 Å². The molecule has 1 heterocycles. The standard InChI is InChI=1S/C7H13NO3/c1-8(2)4-3-5(9)6(8)7(10)11/h5-6,9H,3-4H2,1-2H3/p+1/t5?,6-/m0/s1. The normalized spacial score (nSPS) is 35.5. The van der Waals surface area contributed by atoms with E-state index in [0.717, 1.165) is 6.54 Å². The smallest absolute Gasteiger partial charge is 0.365 e. The highest BCUT2D eigenvalue weighted by atomic mass is 16.4. The Hall–Kier alpha value is -0.610. The number of aliphatic hydroxyl groups excluding tert-OH is 1. The number of aliphatic carboxylic acids is 1. The van der Waals surface area contributed by atoms with Crippen molar-refractivity contribution in [3.05, 3.63) is 0 Å². The first-order chi connectivity index (χ1) is 4.95. The molecule has 0 saturated carbocycles. The maximum absolute atomic E-state index is 10.7. The molecule has 0 amide bonds. The first-order valence-electron chi connectivity index (χ1n) is 3.69. The molecule has 0 aromatic carbocycles. The van der Waals surface area contributed by atoms with Crippen LogP contribution in [0.25, 0.3) is 0 Å². The summed E-state index contributed by atoms with van der Waals surface area (Å²) in [5, 5.41) is 18.0. The van der Waals surface area contributed by atoms with E-state index in [1.54, 1.807) is 0 Å². The van der Waals surface area contributed by atoms with Crippen molar-refractivity contribution in [2.45, 2.75) is 18.6 Å². The van der Waals surface area contributed by atoms with Crippen molar-refractivity contribution >= 4 is 5.97 Å². The summed E-state index contributed by atoms with van der Waals surface area (Å²) in [4.78, 5) is 10.7. The fraction of sp³-hybridized carbons (Fsp3) is 0.857. The number of aliphatic hydroxyl groups is 1. The van der Waals surface area contributed by atoms with Crippen molar-refractivity contribution in [2.75, 3.05) is 20.6 Å². The maximum Gasteiger partial charge on any atom is 0.365 e. The lowest BCUT2D eigenvalue weighted by Crippen LogP contribution is -2.51. The molecule has 0 radical (unpaired) electrons. The molecule has 4 heteroatoms. The zero-order chi connectivity index (χ0) is 8.65. The Morgan fingerprint density at radius 2 is 2.09 bits per heavy atom. The van der Waals surface area contributed by atoms with Gasteiger partial charge in [-0.25, -0.2) is 4.79 Å². The molecule has 1 fully saturated rings. The van der Waals surface area contributed by atoms with Crippen molar-refractivity contribution in [1.29, 1.82) is 0 Å². The molecule has 0 aromatic rings. The summed E-state index contributed by atoms with van der Waals surface area (Å²) in [7, 11) is 3.66. The predicted octanol–water partition coefficient (Wildman–Crippen LogP) is -0.719. The number of carboxylic acid groups (broad SMARTS) is 1. The molecule has 11 heavy (non-hydrogen) atoms. The van der Waals surface area contributed by atoms with E-state index in [1.807, 2.05) is 14.1 Å². The van der Waals surface area contributed by atoms with Gasteiger partial charge in [-0.2, -0.15) is 0 Å². The third-order valence-electron chi connectivity index (χ3n) is 2.37. The number of carbonyl (C=O) groups is 1. The predicted molar refractivity (Wildman–Crippen MR) is 39.0 cm³/mol. The lowest BCUT2D eigenvalue weighted by molar-refractivity contribution is -0.895. The fourth-order valence-corrected chi connectivity index (χ4v) is 1.69. The summed E-state index contributed by atoms with van der Waals surface area (Å²) in [6.45, 7) is 0.734. The third-order valence-corrected chi connectivity index (χ3v) is 2.37. The second-order valence-electron chi connectivity index (χ2n) is 3.64. The monoisotopic (exact) mass is 160 g/mol. The highest BCUT2D eigenvalue weighted by Crippen LogP contribution is 2.22. The second kappa shape index (κ2) is 2.46. The molecule has 2 atom stereocenters. The minimum absolute atomic E-state index is 0.385. The van der Waals surface area contributed by atoms with E-state index >= 15 is 0 Å². The summed E-state index contributed by atoms with van der Waals surface area (Å²) in [6, 6.07) is -0.644. The molecule has 2 N–H and O–H groups in total. The Bertz CT molecular complexity index is 179. The number of hydrogen-bond donors (Lipinski definition) is 2. The van der Waals surface area contributed by atoms with E-state index in [0.29, 0.717) is 10.9 Å². The van der Waals surface area contributed by atoms with Crippen LogP contribution in [0.2, 0.25) is 0 Å². The lowest BCUT2D eigenvalue weighted by Gasteiger charge is -2.29. The summed E-state index contributed by atoms with van der Waals surface area (Å²) in [6.07, 6.45) is -0.0910. The van der Waals surface area contributed by atoms with Crippen LogP contribution in [-0.2, 0) is 4.79 Å². The van der Waals surface area contributed by atoms with Crippen molar-refractivity contribution in [2.24, 2.45) is 0 Å². The van der Waals surface area contributed by atoms with Crippen LogP contribution in [-0.4, -0.2) is 53.5 Å². The molecule has 0 spiro atoms. The Balaban J connectivity index is 2.80. The lowest BCUT2D eigenvalue weighted by atomic mass is 10.1. The Kier molecular flexibility index (Phi) is 1.90. The first-order valence-corrected chi connectivity index (χ1v) is 3.69. The number of likely N-dealkylation sites (tertiary alicyclic amines) is 1. The van der Waals surface area contributed by atoms with Gasteiger partial charge in [-0.3, -0.25) is 0 Å². The number of rotatable bonds is 1. The highest BCUT2D eigenvalue weighted by Gasteiger charge is 2.46. The molecule has 1 saturated heterocycles. The van der Waals surface area contributed by atoms with Crippen LogP contribution in [0.15, 0.2) is 0 Å². The summed E-state index contributed by atoms with van der Waals surface area (Å²) in [5.41, 5.74) is 0. The summed E-state index contributed by atoms with van der Waals surface area (Å²) >= 11 is 0. The minimum atomic E-state index is -0.903. The van der Waals surface area contributed by atoms with E-state index < -0.39 is 18.1 Å². The van der Waals surface area contributed by atoms with Gasteiger partial charge in [0.25, 0.3) is 0 Å². The second-order valence-corrected chi connectivity index (χ2v) is 3.64. The Morgan fingerprint density at radius 3 is 2.27 bits per heavy atom. The van der Waals surface area contributed by atoms with Gasteiger partial charge in [0, 0.05) is 6.42 Å². The van der Waals surface area contributed by atoms with E-state index in [4.69, 9.17) is 5.11 Å². The minimum Gasteiger partial charge on any atom is -0.477 e. The van der Waals surface area contributed by atoms with Gasteiger partial charge < -0.3 is 14.7 Å². The zero-order valence-corrected chi connectivity index (χ0v) is 6.82. The number of nitrogens with zero attached hydrogens (tertiary/aromatic N) is 1. The Labute approximate surface area is 65.6 Å². The van der Waals surface area contributed by atoms with Gasteiger partial charge in [-0.15, -0.1) is 0 Å². The Morgan fingerprint density at radius 1 is 1.55 bits per heavy atom. The van der Waals surface area contributed by atoms with Gasteiger partial charge in [0.15, 0.2) is 0 Å². The van der Waals surface area contributed by atoms with Gasteiger partial charge in [-0.05, 0) is 0 Å². The van der Waals surface area contributed by atoms with Crippen LogP contribution in [0.3, 0.4) is 0 Å². The molecule has 1 aliphatic heterocycles. The third kappa shape index (κ3) is 1.36. The average molecular weight is 160 g/mol. The topological polar surface area (TPSA) is 57.5 Å². The molecule has 64 valence electrons. The zero-order valence-electron chi connectivity index (χ0n) is 6.82. The summed E-state index contributed by atoms with van der Waals surface area (Å²) < 4.78 is 0.385. The average Bonchev–Trinajstić information content (AvgIpc) is 2.06. The maximum atomic E-state index is 10.7. The van der Waals surface area contributed by atoms with Gasteiger partial charge >= 0.3 is 5.97 Å². The van der Waals surface area contributed by atoms with Crippen LogP contribution in [0.5, 0.6) is 0 Å². The highest BCUT2D eigenvalue weighted by molar-refractivity contribution is 5.73. The molecular formula is C7H14NO3+. The van der Waals surface area contributed by atoms with E-state index in [2.05, 4.69) is 0 Å².